The van der Waals surface area contributed by atoms with Crippen molar-refractivity contribution in [2.45, 2.75) is 70.1 Å². The molecule has 206 valence electrons. The number of hydrogen-bond acceptors (Lipinski definition) is 6. The first kappa shape index (κ1) is 28.6. The van der Waals surface area contributed by atoms with Crippen LogP contribution in [0.4, 0.5) is 0 Å². The summed E-state index contributed by atoms with van der Waals surface area (Å²) in [6.45, 7) is 3.75. The van der Waals surface area contributed by atoms with E-state index in [9.17, 15) is 29.1 Å². The van der Waals surface area contributed by atoms with Crippen LogP contribution in [-0.2, 0) is 30.4 Å². The number of para-hydroxylation sites is 1. The van der Waals surface area contributed by atoms with Crippen LogP contribution in [0.2, 0.25) is 0 Å². The van der Waals surface area contributed by atoms with Gasteiger partial charge in [-0.3, -0.25) is 19.2 Å². The molecule has 8 N–H and O–H groups in total. The summed E-state index contributed by atoms with van der Waals surface area (Å²) in [5.74, 6) is -4.17. The first-order valence-electron chi connectivity index (χ1n) is 12.8. The van der Waals surface area contributed by atoms with Gasteiger partial charge in [0.2, 0.25) is 23.6 Å². The molecule has 38 heavy (non-hydrogen) atoms. The molecular weight excluding hydrogens is 492 g/mol. The molecule has 2 aromatic rings. The lowest BCUT2D eigenvalue weighted by Gasteiger charge is -2.30. The number of nitrogens with one attached hydrogen (secondary N) is 3. The van der Waals surface area contributed by atoms with Crippen molar-refractivity contribution in [1.29, 1.82) is 0 Å². The number of H-pyrrole nitrogens is 1. The van der Waals surface area contributed by atoms with Gasteiger partial charge in [-0.25, -0.2) is 4.79 Å². The van der Waals surface area contributed by atoms with Crippen LogP contribution in [-0.4, -0.2) is 75.3 Å². The van der Waals surface area contributed by atoms with E-state index in [1.54, 1.807) is 13.1 Å². The Balaban J connectivity index is 1.71. The number of benzene rings is 1. The summed E-state index contributed by atoms with van der Waals surface area (Å²) in [5, 5.41) is 15.5. The zero-order valence-electron chi connectivity index (χ0n) is 21.6. The monoisotopic (exact) mass is 528 g/mol. The van der Waals surface area contributed by atoms with Gasteiger partial charge in [0.1, 0.15) is 18.1 Å². The molecule has 1 aromatic carbocycles. The van der Waals surface area contributed by atoms with Crippen molar-refractivity contribution in [3.05, 3.63) is 36.0 Å². The number of carbonyl (C=O) groups excluding carboxylic acids is 4. The van der Waals surface area contributed by atoms with E-state index >= 15 is 0 Å². The van der Waals surface area contributed by atoms with Gasteiger partial charge in [0.05, 0.1) is 12.5 Å². The van der Waals surface area contributed by atoms with E-state index in [1.165, 1.54) is 4.90 Å². The van der Waals surface area contributed by atoms with E-state index < -0.39 is 60.2 Å². The Kier molecular flexibility index (Phi) is 9.45. The largest absolute Gasteiger partial charge is 0.480 e. The van der Waals surface area contributed by atoms with Crippen molar-refractivity contribution in [3.63, 3.8) is 0 Å². The molecule has 1 aliphatic heterocycles. The number of fused-ring (bicyclic) bond motifs is 1. The molecule has 0 bridgehead atoms. The highest BCUT2D eigenvalue weighted by Crippen LogP contribution is 2.21. The second kappa shape index (κ2) is 12.5. The van der Waals surface area contributed by atoms with Crippen molar-refractivity contribution in [2.24, 2.45) is 17.4 Å². The van der Waals surface area contributed by atoms with E-state index in [1.807, 2.05) is 31.2 Å². The smallest absolute Gasteiger partial charge is 0.326 e. The normalized spacial score (nSPS) is 18.4. The fourth-order valence-electron chi connectivity index (χ4n) is 4.75. The molecule has 5 atom stereocenters. The van der Waals surface area contributed by atoms with Crippen LogP contribution < -0.4 is 22.1 Å². The minimum absolute atomic E-state index is 0.189. The second-order valence-electron chi connectivity index (χ2n) is 9.80. The van der Waals surface area contributed by atoms with Gasteiger partial charge in [0.25, 0.3) is 0 Å². The molecule has 1 saturated heterocycles. The summed E-state index contributed by atoms with van der Waals surface area (Å²) < 4.78 is 0. The van der Waals surface area contributed by atoms with E-state index in [-0.39, 0.29) is 18.9 Å². The zero-order chi connectivity index (χ0) is 28.0. The molecule has 12 heteroatoms. The number of hydrogen-bond donors (Lipinski definition) is 6. The number of aromatic nitrogens is 1. The zero-order valence-corrected chi connectivity index (χ0v) is 21.6. The summed E-state index contributed by atoms with van der Waals surface area (Å²) in [4.78, 5) is 67.1. The maximum atomic E-state index is 13.4. The quantitative estimate of drug-likeness (QED) is 0.222. The lowest BCUT2D eigenvalue weighted by atomic mass is 9.98. The molecular formula is C26H36N6O6. The Morgan fingerprint density at radius 2 is 1.89 bits per heavy atom. The Morgan fingerprint density at radius 3 is 2.55 bits per heavy atom. The van der Waals surface area contributed by atoms with E-state index in [0.717, 1.165) is 16.5 Å². The van der Waals surface area contributed by atoms with Crippen molar-refractivity contribution < 1.29 is 29.1 Å². The fraction of sp³-hybridized carbons (Fsp3) is 0.500. The van der Waals surface area contributed by atoms with Crippen LogP contribution in [0.3, 0.4) is 0 Å². The first-order valence-corrected chi connectivity index (χ1v) is 12.8. The summed E-state index contributed by atoms with van der Waals surface area (Å²) in [7, 11) is 0. The Bertz CT molecular complexity index is 1200. The highest BCUT2D eigenvalue weighted by molar-refractivity contribution is 5.96. The van der Waals surface area contributed by atoms with Gasteiger partial charge in [-0.2, -0.15) is 0 Å². The third kappa shape index (κ3) is 6.68. The van der Waals surface area contributed by atoms with Crippen molar-refractivity contribution in [2.75, 3.05) is 6.54 Å². The van der Waals surface area contributed by atoms with Gasteiger partial charge in [0, 0.05) is 23.6 Å². The molecule has 0 spiro atoms. The highest BCUT2D eigenvalue weighted by atomic mass is 16.4. The second-order valence-corrected chi connectivity index (χ2v) is 9.80. The van der Waals surface area contributed by atoms with Gasteiger partial charge in [-0.1, -0.05) is 38.5 Å². The number of aliphatic carboxylic acids is 1. The summed E-state index contributed by atoms with van der Waals surface area (Å²) in [6.07, 6.45) is 2.84. The maximum Gasteiger partial charge on any atom is 0.326 e. The van der Waals surface area contributed by atoms with Gasteiger partial charge in [-0.15, -0.1) is 0 Å². The first-order chi connectivity index (χ1) is 18.0. The molecule has 0 saturated carbocycles. The standard InChI is InChI=1S/C26H36N6O6/c1-3-14(2)22(26(37)38)31-24(35)20-9-6-10-32(20)25(36)19(12-21(28)33)30-23(34)17(27)11-15-13-29-18-8-5-4-7-16(15)18/h4-5,7-8,13-14,17,19-20,22,29H,3,6,9-12,27H2,1-2H3,(H2,28,33)(H,30,34)(H,31,35)(H,37,38). The third-order valence-corrected chi connectivity index (χ3v) is 7.09. The number of rotatable bonds is 12. The molecule has 0 aliphatic carbocycles. The van der Waals surface area contributed by atoms with Gasteiger partial charge in [0.15, 0.2) is 0 Å². The maximum absolute atomic E-state index is 13.4. The fourth-order valence-corrected chi connectivity index (χ4v) is 4.75. The van der Waals surface area contributed by atoms with E-state index in [0.29, 0.717) is 19.3 Å². The van der Waals surface area contributed by atoms with Crippen LogP contribution in [0.15, 0.2) is 30.5 Å². The lowest BCUT2D eigenvalue weighted by Crippen LogP contribution is -2.58. The predicted octanol–water partition coefficient (Wildman–Crippen LogP) is 0.00440. The van der Waals surface area contributed by atoms with Crippen molar-refractivity contribution in [3.8, 4) is 0 Å². The van der Waals surface area contributed by atoms with Crippen LogP contribution in [0.5, 0.6) is 0 Å². The molecule has 12 nitrogen and oxygen atoms in total. The number of amides is 4. The number of carbonyl (C=O) groups is 5. The number of primary amides is 1. The number of carboxylic acid groups (broad SMARTS) is 1. The molecule has 2 heterocycles. The predicted molar refractivity (Wildman–Crippen MR) is 139 cm³/mol. The van der Waals surface area contributed by atoms with Crippen molar-refractivity contribution in [1.82, 2.24) is 20.5 Å². The molecule has 1 aromatic heterocycles. The summed E-state index contributed by atoms with van der Waals surface area (Å²) in [5.41, 5.74) is 13.2. The third-order valence-electron chi connectivity index (χ3n) is 7.09. The Hall–Kier alpha value is -3.93. The van der Waals surface area contributed by atoms with Crippen LogP contribution in [0, 0.1) is 5.92 Å². The summed E-state index contributed by atoms with van der Waals surface area (Å²) in [6, 6.07) is 3.20. The minimum atomic E-state index is -1.31. The average molecular weight is 529 g/mol. The van der Waals surface area contributed by atoms with E-state index in [4.69, 9.17) is 11.5 Å². The molecule has 1 aliphatic rings. The van der Waals surface area contributed by atoms with Gasteiger partial charge >= 0.3 is 5.97 Å². The average Bonchev–Trinajstić information content (AvgIpc) is 3.53. The number of aromatic amines is 1. The number of likely N-dealkylation sites (tertiary alicyclic amines) is 1. The summed E-state index contributed by atoms with van der Waals surface area (Å²) >= 11 is 0. The molecule has 5 unspecified atom stereocenters. The lowest BCUT2D eigenvalue weighted by molar-refractivity contribution is -0.146. The molecule has 4 amide bonds. The van der Waals surface area contributed by atoms with E-state index in [2.05, 4.69) is 15.6 Å². The Labute approximate surface area is 220 Å². The van der Waals surface area contributed by atoms with Crippen LogP contribution in [0.25, 0.3) is 10.9 Å². The number of carboxylic acids is 1. The van der Waals surface area contributed by atoms with Gasteiger partial charge < -0.3 is 37.1 Å². The minimum Gasteiger partial charge on any atom is -0.480 e. The Morgan fingerprint density at radius 1 is 1.18 bits per heavy atom. The molecule has 3 rings (SSSR count). The number of nitrogens with zero attached hydrogens (tertiary/aromatic N) is 1. The molecule has 1 fully saturated rings. The van der Waals surface area contributed by atoms with Gasteiger partial charge in [-0.05, 0) is 36.8 Å². The topological polar surface area (TPSA) is 201 Å². The van der Waals surface area contributed by atoms with Crippen LogP contribution in [0.1, 0.15) is 45.1 Å². The van der Waals surface area contributed by atoms with Crippen molar-refractivity contribution >= 4 is 40.5 Å². The molecule has 0 radical (unpaired) electrons. The number of nitrogens with two attached hydrogens (primary N) is 2. The highest BCUT2D eigenvalue weighted by Gasteiger charge is 2.40. The SMILES string of the molecule is CCC(C)C(NC(=O)C1CCCN1C(=O)C(CC(N)=O)NC(=O)C(N)Cc1c[nH]c2ccccc12)C(=O)O. The van der Waals surface area contributed by atoms with Crippen LogP contribution >= 0.6 is 0 Å².